The van der Waals surface area contributed by atoms with Crippen LogP contribution in [0.25, 0.3) is 0 Å². The molecule has 1 unspecified atom stereocenters. The Morgan fingerprint density at radius 1 is 1.29 bits per heavy atom. The van der Waals surface area contributed by atoms with E-state index in [9.17, 15) is 9.59 Å². The SMILES string of the molecule is CC.CCNC(=O)c1ccc(N2CCCC(C)C2)nc1.CN(C=O)c1ccccc1Cl. The minimum absolute atomic E-state index is 0.0523. The standard InChI is InChI=1S/C14H21N3O.C8H8ClNO.C2H6/c1-3-15-14(18)12-6-7-13(16-9-12)17-8-4-5-11(2)10-17;1-10(6-11)8-5-3-2-4-7(8)9;1-2/h6-7,9,11H,3-5,8,10H2,1-2H3,(H,15,18);2-6H,1H3;1-2H3. The Balaban J connectivity index is 0.000000317. The molecule has 2 heterocycles. The maximum atomic E-state index is 11.6. The lowest BCUT2D eigenvalue weighted by Gasteiger charge is -2.31. The minimum atomic E-state index is -0.0523. The van der Waals surface area contributed by atoms with E-state index in [1.165, 1.54) is 17.7 Å². The second-order valence-electron chi connectivity index (χ2n) is 7.13. The van der Waals surface area contributed by atoms with Crippen molar-refractivity contribution in [2.75, 3.05) is 36.5 Å². The van der Waals surface area contributed by atoms with Gasteiger partial charge in [0.05, 0.1) is 16.3 Å². The number of rotatable bonds is 5. The zero-order valence-electron chi connectivity index (χ0n) is 19.3. The number of piperidine rings is 1. The lowest BCUT2D eigenvalue weighted by Crippen LogP contribution is -2.34. The molecule has 1 aliphatic heterocycles. The Kier molecular flexibility index (Phi) is 12.3. The summed E-state index contributed by atoms with van der Waals surface area (Å²) in [6.07, 6.45) is 4.91. The number of pyridine rings is 1. The van der Waals surface area contributed by atoms with Crippen molar-refractivity contribution in [1.29, 1.82) is 0 Å². The summed E-state index contributed by atoms with van der Waals surface area (Å²) in [5.41, 5.74) is 1.36. The fourth-order valence-corrected chi connectivity index (χ4v) is 3.43. The third-order valence-electron chi connectivity index (χ3n) is 4.72. The number of amides is 2. The Morgan fingerprint density at radius 3 is 2.55 bits per heavy atom. The molecule has 0 saturated carbocycles. The molecule has 2 aromatic rings. The molecule has 2 amide bonds. The number of nitrogens with one attached hydrogen (secondary N) is 1. The third kappa shape index (κ3) is 8.58. The molecule has 1 aliphatic rings. The van der Waals surface area contributed by atoms with Crippen LogP contribution in [0, 0.1) is 5.92 Å². The maximum absolute atomic E-state index is 11.6. The van der Waals surface area contributed by atoms with Gasteiger partial charge >= 0.3 is 0 Å². The molecule has 1 fully saturated rings. The summed E-state index contributed by atoms with van der Waals surface area (Å²) < 4.78 is 0. The topological polar surface area (TPSA) is 65.5 Å². The smallest absolute Gasteiger partial charge is 0.252 e. The fraction of sp³-hybridized carbons (Fsp3) is 0.458. The van der Waals surface area contributed by atoms with Crippen molar-refractivity contribution < 1.29 is 9.59 Å². The first-order valence-electron chi connectivity index (χ1n) is 10.9. The number of halogens is 1. The van der Waals surface area contributed by atoms with E-state index in [0.717, 1.165) is 36.9 Å². The van der Waals surface area contributed by atoms with Gasteiger partial charge in [-0.15, -0.1) is 0 Å². The molecule has 0 radical (unpaired) electrons. The number of benzene rings is 1. The van der Waals surface area contributed by atoms with Crippen molar-refractivity contribution in [3.8, 4) is 0 Å². The predicted molar refractivity (Wildman–Crippen MR) is 130 cm³/mol. The van der Waals surface area contributed by atoms with Crippen molar-refractivity contribution in [3.05, 3.63) is 53.2 Å². The van der Waals surface area contributed by atoms with Gasteiger partial charge in [-0.3, -0.25) is 9.59 Å². The van der Waals surface area contributed by atoms with Crippen LogP contribution in [0.3, 0.4) is 0 Å². The van der Waals surface area contributed by atoms with Crippen molar-refractivity contribution >= 4 is 35.4 Å². The lowest BCUT2D eigenvalue weighted by molar-refractivity contribution is -0.107. The van der Waals surface area contributed by atoms with Gasteiger partial charge in [-0.05, 0) is 49.9 Å². The zero-order valence-corrected chi connectivity index (χ0v) is 20.0. The second kappa shape index (κ2) is 14.4. The van der Waals surface area contributed by atoms with Crippen molar-refractivity contribution in [1.82, 2.24) is 10.3 Å². The van der Waals surface area contributed by atoms with Gasteiger partial charge in [-0.25, -0.2) is 4.98 Å². The van der Waals surface area contributed by atoms with Crippen LogP contribution < -0.4 is 15.1 Å². The molecule has 1 aromatic carbocycles. The molecule has 1 N–H and O–H groups in total. The summed E-state index contributed by atoms with van der Waals surface area (Å²) in [6, 6.07) is 11.0. The van der Waals surface area contributed by atoms with Crippen LogP contribution >= 0.6 is 11.6 Å². The van der Waals surface area contributed by atoms with Crippen LogP contribution in [0.1, 0.15) is 50.9 Å². The fourth-order valence-electron chi connectivity index (χ4n) is 3.16. The summed E-state index contributed by atoms with van der Waals surface area (Å²) in [5, 5.41) is 3.36. The monoisotopic (exact) mass is 446 g/mol. The first-order chi connectivity index (χ1) is 15.0. The molecule has 0 bridgehead atoms. The lowest BCUT2D eigenvalue weighted by atomic mass is 10.0. The Bertz CT molecular complexity index is 798. The van der Waals surface area contributed by atoms with Gasteiger partial charge in [0.1, 0.15) is 5.82 Å². The molecule has 6 nitrogen and oxygen atoms in total. The molecular weight excluding hydrogens is 412 g/mol. The quantitative estimate of drug-likeness (QED) is 0.654. The van der Waals surface area contributed by atoms with Gasteiger partial charge in [0.15, 0.2) is 0 Å². The highest BCUT2D eigenvalue weighted by Crippen LogP contribution is 2.23. The van der Waals surface area contributed by atoms with Crippen molar-refractivity contribution in [3.63, 3.8) is 0 Å². The number of anilines is 2. The van der Waals surface area contributed by atoms with Crippen molar-refractivity contribution in [2.24, 2.45) is 5.92 Å². The van der Waals surface area contributed by atoms with Gasteiger partial charge in [0, 0.05) is 32.9 Å². The zero-order chi connectivity index (χ0) is 23.2. The molecular formula is C24H35ClN4O2. The minimum Gasteiger partial charge on any atom is -0.356 e. The predicted octanol–water partition coefficient (Wildman–Crippen LogP) is 5.03. The molecule has 3 rings (SSSR count). The molecule has 0 spiro atoms. The van der Waals surface area contributed by atoms with E-state index in [4.69, 9.17) is 11.6 Å². The van der Waals surface area contributed by atoms with E-state index in [1.807, 2.05) is 45.0 Å². The molecule has 7 heteroatoms. The molecule has 1 saturated heterocycles. The Hall–Kier alpha value is -2.60. The maximum Gasteiger partial charge on any atom is 0.252 e. The number of carbonyl (C=O) groups excluding carboxylic acids is 2. The number of hydrogen-bond donors (Lipinski definition) is 1. The van der Waals surface area contributed by atoms with Crippen LogP contribution in [-0.2, 0) is 4.79 Å². The summed E-state index contributed by atoms with van der Waals surface area (Å²) in [6.45, 7) is 11.0. The number of aromatic nitrogens is 1. The first-order valence-corrected chi connectivity index (χ1v) is 11.3. The summed E-state index contributed by atoms with van der Waals surface area (Å²) in [5.74, 6) is 1.65. The van der Waals surface area contributed by atoms with Gasteiger partial charge in [-0.2, -0.15) is 0 Å². The molecule has 31 heavy (non-hydrogen) atoms. The molecule has 1 atom stereocenters. The van der Waals surface area contributed by atoms with Crippen LogP contribution in [0.2, 0.25) is 5.02 Å². The van der Waals surface area contributed by atoms with Gasteiger partial charge in [0.2, 0.25) is 6.41 Å². The summed E-state index contributed by atoms with van der Waals surface area (Å²) in [4.78, 5) is 30.1. The van der Waals surface area contributed by atoms with E-state index in [-0.39, 0.29) is 5.91 Å². The van der Waals surface area contributed by atoms with E-state index in [1.54, 1.807) is 25.4 Å². The average Bonchev–Trinajstić information content (AvgIpc) is 2.81. The molecule has 1 aromatic heterocycles. The molecule has 170 valence electrons. The average molecular weight is 447 g/mol. The normalized spacial score (nSPS) is 14.9. The van der Waals surface area contributed by atoms with Gasteiger partial charge < -0.3 is 15.1 Å². The first kappa shape index (κ1) is 26.4. The Morgan fingerprint density at radius 2 is 2.00 bits per heavy atom. The second-order valence-corrected chi connectivity index (χ2v) is 7.53. The van der Waals surface area contributed by atoms with Crippen LogP contribution in [0.5, 0.6) is 0 Å². The number of carbonyl (C=O) groups is 2. The van der Waals surface area contributed by atoms with Gasteiger partial charge in [-0.1, -0.05) is 44.5 Å². The highest BCUT2D eigenvalue weighted by molar-refractivity contribution is 6.33. The van der Waals surface area contributed by atoms with Gasteiger partial charge in [0.25, 0.3) is 5.91 Å². The van der Waals surface area contributed by atoms with Crippen LogP contribution in [-0.4, -0.2) is 44.0 Å². The third-order valence-corrected chi connectivity index (χ3v) is 5.04. The van der Waals surface area contributed by atoms with E-state index in [0.29, 0.717) is 17.1 Å². The number of hydrogen-bond acceptors (Lipinski definition) is 4. The summed E-state index contributed by atoms with van der Waals surface area (Å²) >= 11 is 5.80. The largest absolute Gasteiger partial charge is 0.356 e. The Labute approximate surface area is 191 Å². The number of para-hydroxylation sites is 1. The summed E-state index contributed by atoms with van der Waals surface area (Å²) in [7, 11) is 1.66. The molecule has 0 aliphatic carbocycles. The van der Waals surface area contributed by atoms with Crippen LogP contribution in [0.15, 0.2) is 42.6 Å². The van der Waals surface area contributed by atoms with E-state index in [2.05, 4.69) is 22.1 Å². The van der Waals surface area contributed by atoms with E-state index >= 15 is 0 Å². The number of nitrogens with zero attached hydrogens (tertiary/aromatic N) is 3. The highest BCUT2D eigenvalue weighted by Gasteiger charge is 2.17. The van der Waals surface area contributed by atoms with Crippen molar-refractivity contribution in [2.45, 2.75) is 40.5 Å². The highest BCUT2D eigenvalue weighted by atomic mass is 35.5. The van der Waals surface area contributed by atoms with Crippen LogP contribution in [0.4, 0.5) is 11.5 Å². The van der Waals surface area contributed by atoms with E-state index < -0.39 is 0 Å².